The Hall–Kier alpha value is -1.26. The van der Waals surface area contributed by atoms with E-state index < -0.39 is 0 Å². The van der Waals surface area contributed by atoms with Crippen LogP contribution in [0.4, 0.5) is 0 Å². The van der Waals surface area contributed by atoms with E-state index in [9.17, 15) is 4.79 Å². The van der Waals surface area contributed by atoms with Gasteiger partial charge in [-0.1, -0.05) is 5.11 Å². The first-order chi connectivity index (χ1) is 7.79. The molecule has 1 aliphatic heterocycles. The van der Waals surface area contributed by atoms with Crippen molar-refractivity contribution in [1.82, 2.24) is 4.90 Å². The Morgan fingerprint density at radius 1 is 1.62 bits per heavy atom. The molecule has 1 aliphatic rings. The van der Waals surface area contributed by atoms with Crippen molar-refractivity contribution in [2.45, 2.75) is 32.2 Å². The third-order valence-corrected chi connectivity index (χ3v) is 2.73. The first-order valence-corrected chi connectivity index (χ1v) is 5.67. The van der Waals surface area contributed by atoms with Crippen LogP contribution < -0.4 is 0 Å². The maximum absolute atomic E-state index is 11.7. The van der Waals surface area contributed by atoms with Gasteiger partial charge < -0.3 is 9.64 Å². The Bertz CT molecular complexity index is 276. The van der Waals surface area contributed by atoms with Crippen LogP contribution in [0.15, 0.2) is 5.11 Å². The molecular formula is C10H18N4O2. The lowest BCUT2D eigenvalue weighted by molar-refractivity contribution is -0.134. The number of ether oxygens (including phenoxy) is 1. The van der Waals surface area contributed by atoms with Crippen molar-refractivity contribution >= 4 is 5.91 Å². The molecular weight excluding hydrogens is 208 g/mol. The fourth-order valence-corrected chi connectivity index (χ4v) is 1.94. The van der Waals surface area contributed by atoms with Gasteiger partial charge in [0.1, 0.15) is 6.54 Å². The van der Waals surface area contributed by atoms with E-state index in [1.165, 1.54) is 0 Å². The van der Waals surface area contributed by atoms with Gasteiger partial charge >= 0.3 is 0 Å². The maximum Gasteiger partial charge on any atom is 0.228 e. The van der Waals surface area contributed by atoms with Gasteiger partial charge in [0.25, 0.3) is 0 Å². The van der Waals surface area contributed by atoms with Crippen LogP contribution >= 0.6 is 0 Å². The highest BCUT2D eigenvalue weighted by molar-refractivity contribution is 5.78. The predicted molar refractivity (Wildman–Crippen MR) is 59.9 cm³/mol. The number of piperidine rings is 1. The van der Waals surface area contributed by atoms with Crippen LogP contribution in [0.25, 0.3) is 10.4 Å². The van der Waals surface area contributed by atoms with Crippen LogP contribution in [0.5, 0.6) is 0 Å². The van der Waals surface area contributed by atoms with Crippen LogP contribution in [-0.4, -0.2) is 43.2 Å². The molecule has 6 nitrogen and oxygen atoms in total. The topological polar surface area (TPSA) is 78.3 Å². The first kappa shape index (κ1) is 12.8. The van der Waals surface area contributed by atoms with Crippen LogP contribution in [0.1, 0.15) is 26.2 Å². The zero-order chi connectivity index (χ0) is 11.8. The second-order valence-electron chi connectivity index (χ2n) is 3.79. The Balaban J connectivity index is 2.51. The molecule has 0 saturated carbocycles. The van der Waals surface area contributed by atoms with E-state index >= 15 is 0 Å². The molecule has 0 radical (unpaired) electrons. The van der Waals surface area contributed by atoms with Gasteiger partial charge in [0.2, 0.25) is 5.91 Å². The third-order valence-electron chi connectivity index (χ3n) is 2.73. The van der Waals surface area contributed by atoms with Crippen LogP contribution in [0.2, 0.25) is 0 Å². The highest BCUT2D eigenvalue weighted by atomic mass is 16.5. The minimum Gasteiger partial charge on any atom is -0.380 e. The number of carbonyl (C=O) groups is 1. The van der Waals surface area contributed by atoms with Crippen molar-refractivity contribution in [2.75, 3.05) is 26.3 Å². The highest BCUT2D eigenvalue weighted by Gasteiger charge is 2.25. The molecule has 0 aromatic rings. The average Bonchev–Trinajstić information content (AvgIpc) is 2.33. The minimum atomic E-state index is -0.0952. The summed E-state index contributed by atoms with van der Waals surface area (Å²) < 4.78 is 5.36. The van der Waals surface area contributed by atoms with E-state index in [2.05, 4.69) is 10.0 Å². The number of amides is 1. The molecule has 0 bridgehead atoms. The summed E-state index contributed by atoms with van der Waals surface area (Å²) in [4.78, 5) is 16.1. The minimum absolute atomic E-state index is 0.0842. The number of hydrogen-bond donors (Lipinski definition) is 0. The third kappa shape index (κ3) is 3.72. The van der Waals surface area contributed by atoms with Crippen molar-refractivity contribution in [3.8, 4) is 0 Å². The van der Waals surface area contributed by atoms with Gasteiger partial charge in [0.05, 0.1) is 12.6 Å². The lowest BCUT2D eigenvalue weighted by Gasteiger charge is -2.35. The summed E-state index contributed by atoms with van der Waals surface area (Å²) in [6, 6.07) is 0.148. The van der Waals surface area contributed by atoms with E-state index in [0.29, 0.717) is 13.2 Å². The zero-order valence-corrected chi connectivity index (χ0v) is 9.63. The molecule has 1 rings (SSSR count). The van der Waals surface area contributed by atoms with E-state index in [4.69, 9.17) is 10.3 Å². The van der Waals surface area contributed by atoms with Crippen molar-refractivity contribution in [2.24, 2.45) is 5.11 Å². The second-order valence-corrected chi connectivity index (χ2v) is 3.79. The smallest absolute Gasteiger partial charge is 0.228 e. The summed E-state index contributed by atoms with van der Waals surface area (Å²) in [6.07, 6.45) is 3.12. The number of rotatable bonds is 5. The number of hydrogen-bond acceptors (Lipinski definition) is 3. The number of carbonyl (C=O) groups excluding carboxylic acids is 1. The molecule has 0 aromatic carbocycles. The van der Waals surface area contributed by atoms with Crippen molar-refractivity contribution in [3.05, 3.63) is 10.4 Å². The van der Waals surface area contributed by atoms with Crippen molar-refractivity contribution < 1.29 is 9.53 Å². The summed E-state index contributed by atoms with van der Waals surface area (Å²) in [5, 5.41) is 3.31. The van der Waals surface area contributed by atoms with Gasteiger partial charge in [-0.25, -0.2) is 0 Å². The zero-order valence-electron chi connectivity index (χ0n) is 9.63. The van der Waals surface area contributed by atoms with Gasteiger partial charge in [-0.3, -0.25) is 4.79 Å². The van der Waals surface area contributed by atoms with Crippen molar-refractivity contribution in [1.29, 1.82) is 0 Å². The molecule has 1 amide bonds. The van der Waals surface area contributed by atoms with Gasteiger partial charge in [-0.05, 0) is 31.7 Å². The summed E-state index contributed by atoms with van der Waals surface area (Å²) in [6.45, 7) is 3.85. The van der Waals surface area contributed by atoms with Crippen LogP contribution in [0, 0.1) is 0 Å². The molecule has 0 aromatic heterocycles. The molecule has 0 spiro atoms. The average molecular weight is 226 g/mol. The molecule has 1 saturated heterocycles. The standard InChI is InChI=1S/C10H18N4O2/c1-2-16-8-9-5-3-4-6-14(9)10(15)7-12-13-11/h9H,2-8H2,1H3/t9-/m0/s1. The number of nitrogens with zero attached hydrogens (tertiary/aromatic N) is 4. The van der Waals surface area contributed by atoms with E-state index in [1.807, 2.05) is 6.92 Å². The fourth-order valence-electron chi connectivity index (χ4n) is 1.94. The Labute approximate surface area is 95.2 Å². The summed E-state index contributed by atoms with van der Waals surface area (Å²) in [7, 11) is 0. The molecule has 16 heavy (non-hydrogen) atoms. The molecule has 0 unspecified atom stereocenters. The molecule has 1 fully saturated rings. The Morgan fingerprint density at radius 3 is 3.12 bits per heavy atom. The number of azide groups is 1. The molecule has 6 heteroatoms. The quantitative estimate of drug-likeness (QED) is 0.406. The lowest BCUT2D eigenvalue weighted by Crippen LogP contribution is -2.47. The maximum atomic E-state index is 11.7. The monoisotopic (exact) mass is 226 g/mol. The van der Waals surface area contributed by atoms with E-state index in [0.717, 1.165) is 25.8 Å². The van der Waals surface area contributed by atoms with E-state index in [-0.39, 0.29) is 18.5 Å². The van der Waals surface area contributed by atoms with Gasteiger partial charge in [0, 0.05) is 18.1 Å². The van der Waals surface area contributed by atoms with Crippen LogP contribution in [-0.2, 0) is 9.53 Å². The lowest BCUT2D eigenvalue weighted by atomic mass is 10.0. The molecule has 1 heterocycles. The Kier molecular flexibility index (Phi) is 5.67. The summed E-state index contributed by atoms with van der Waals surface area (Å²) >= 11 is 0. The highest BCUT2D eigenvalue weighted by Crippen LogP contribution is 2.17. The van der Waals surface area contributed by atoms with Crippen LogP contribution in [0.3, 0.4) is 0 Å². The molecule has 0 N–H and O–H groups in total. The van der Waals surface area contributed by atoms with E-state index in [1.54, 1.807) is 4.90 Å². The molecule has 90 valence electrons. The second kappa shape index (κ2) is 7.09. The van der Waals surface area contributed by atoms with Gasteiger partial charge in [-0.2, -0.15) is 0 Å². The molecule has 1 atom stereocenters. The SMILES string of the molecule is CCOC[C@@H]1CCCCN1C(=O)CN=[N+]=[N-]. The summed E-state index contributed by atoms with van der Waals surface area (Å²) in [5.74, 6) is -0.0952. The summed E-state index contributed by atoms with van der Waals surface area (Å²) in [5.41, 5.74) is 8.18. The largest absolute Gasteiger partial charge is 0.380 e. The normalized spacial score (nSPS) is 20.3. The fraction of sp³-hybridized carbons (Fsp3) is 0.900. The van der Waals surface area contributed by atoms with Gasteiger partial charge in [0.15, 0.2) is 0 Å². The number of likely N-dealkylation sites (tertiary alicyclic amines) is 1. The predicted octanol–water partition coefficient (Wildman–Crippen LogP) is 1.71. The molecule has 0 aliphatic carbocycles. The van der Waals surface area contributed by atoms with Gasteiger partial charge in [-0.15, -0.1) is 0 Å². The first-order valence-electron chi connectivity index (χ1n) is 5.67. The Morgan fingerprint density at radius 2 is 2.44 bits per heavy atom. The van der Waals surface area contributed by atoms with Crippen molar-refractivity contribution in [3.63, 3.8) is 0 Å².